The molecule has 0 fully saturated rings. The number of nitro groups is 1. The molecule has 2 aromatic rings. The summed E-state index contributed by atoms with van der Waals surface area (Å²) in [6.07, 6.45) is 1.43. The van der Waals surface area contributed by atoms with Crippen molar-refractivity contribution in [2.75, 3.05) is 0 Å². The fourth-order valence-corrected chi connectivity index (χ4v) is 3.13. The number of nitrogens with zero attached hydrogens (tertiary/aromatic N) is 1. The first-order chi connectivity index (χ1) is 10.4. The first kappa shape index (κ1) is 16.4. The van der Waals surface area contributed by atoms with Gasteiger partial charge in [-0.15, -0.1) is 0 Å². The van der Waals surface area contributed by atoms with Crippen LogP contribution in [-0.4, -0.2) is 13.3 Å². The van der Waals surface area contributed by atoms with Crippen molar-refractivity contribution in [2.24, 2.45) is 0 Å². The Kier molecular flexibility index (Phi) is 5.10. The molecule has 114 valence electrons. The molecule has 22 heavy (non-hydrogen) atoms. The van der Waals surface area contributed by atoms with Crippen LogP contribution in [0.5, 0.6) is 0 Å². The van der Waals surface area contributed by atoms with E-state index in [2.05, 4.69) is 15.9 Å². The van der Waals surface area contributed by atoms with Gasteiger partial charge in [0.1, 0.15) is 0 Å². The van der Waals surface area contributed by atoms with Crippen molar-refractivity contribution in [3.05, 3.63) is 79.7 Å². The summed E-state index contributed by atoms with van der Waals surface area (Å²) < 4.78 is 24.9. The third kappa shape index (κ3) is 4.78. The molecule has 0 aliphatic rings. The summed E-state index contributed by atoms with van der Waals surface area (Å²) in [4.78, 5) is 10.0. The Balaban J connectivity index is 2.10. The largest absolute Gasteiger partial charge is 0.269 e. The maximum Gasteiger partial charge on any atom is 0.269 e. The molecule has 7 heteroatoms. The minimum atomic E-state index is -3.40. The molecule has 5 nitrogen and oxygen atoms in total. The van der Waals surface area contributed by atoms with Crippen LogP contribution in [0.2, 0.25) is 0 Å². The van der Waals surface area contributed by atoms with Crippen molar-refractivity contribution < 1.29 is 13.3 Å². The Labute approximate surface area is 136 Å². The van der Waals surface area contributed by atoms with Gasteiger partial charge in [0.05, 0.1) is 10.7 Å². The SMILES string of the molecule is O=[N+]([O-])c1ccc(/C=C/S(=O)(=O)Cc2ccc(Br)cc2)cc1. The Hall–Kier alpha value is -1.99. The average molecular weight is 382 g/mol. The van der Waals surface area contributed by atoms with Gasteiger partial charge in [-0.1, -0.05) is 28.1 Å². The molecule has 0 aliphatic heterocycles. The Bertz CT molecular complexity index is 796. The van der Waals surface area contributed by atoms with E-state index in [1.165, 1.54) is 30.3 Å². The zero-order chi connectivity index (χ0) is 16.2. The van der Waals surface area contributed by atoms with Gasteiger partial charge in [0, 0.05) is 22.0 Å². The highest BCUT2D eigenvalue weighted by Gasteiger charge is 2.08. The molecule has 0 saturated heterocycles. The molecule has 0 atom stereocenters. The number of non-ortho nitro benzene ring substituents is 1. The van der Waals surface area contributed by atoms with Gasteiger partial charge in [-0.2, -0.15) is 0 Å². The zero-order valence-corrected chi connectivity index (χ0v) is 13.7. The quantitative estimate of drug-likeness (QED) is 0.580. The number of hydrogen-bond donors (Lipinski definition) is 0. The number of hydrogen-bond acceptors (Lipinski definition) is 4. The number of benzene rings is 2. The highest BCUT2D eigenvalue weighted by atomic mass is 79.9. The predicted octanol–water partition coefficient (Wildman–Crippen LogP) is 3.94. The van der Waals surface area contributed by atoms with Crippen molar-refractivity contribution in [3.63, 3.8) is 0 Å². The highest BCUT2D eigenvalue weighted by Crippen LogP contribution is 2.16. The maximum atomic E-state index is 12.0. The molecule has 2 aromatic carbocycles. The lowest BCUT2D eigenvalue weighted by Crippen LogP contribution is -1.99. The summed E-state index contributed by atoms with van der Waals surface area (Å²) >= 11 is 3.29. The third-order valence-electron chi connectivity index (χ3n) is 2.85. The van der Waals surface area contributed by atoms with E-state index in [-0.39, 0.29) is 11.4 Å². The molecule has 0 spiro atoms. The fourth-order valence-electron chi connectivity index (χ4n) is 1.75. The van der Waals surface area contributed by atoms with Crippen LogP contribution >= 0.6 is 15.9 Å². The van der Waals surface area contributed by atoms with Gasteiger partial charge in [-0.3, -0.25) is 10.1 Å². The van der Waals surface area contributed by atoms with E-state index in [1.54, 1.807) is 24.3 Å². The first-order valence-corrected chi connectivity index (χ1v) is 8.76. The van der Waals surface area contributed by atoms with Gasteiger partial charge in [0.2, 0.25) is 0 Å². The molecule has 0 aromatic heterocycles. The van der Waals surface area contributed by atoms with Crippen LogP contribution in [0.3, 0.4) is 0 Å². The lowest BCUT2D eigenvalue weighted by atomic mass is 10.2. The van der Waals surface area contributed by atoms with Crippen LogP contribution in [0.4, 0.5) is 5.69 Å². The molecule has 0 radical (unpaired) electrons. The van der Waals surface area contributed by atoms with Crippen molar-refractivity contribution in [1.82, 2.24) is 0 Å². The number of sulfone groups is 1. The van der Waals surface area contributed by atoms with E-state index < -0.39 is 14.8 Å². The molecule has 0 N–H and O–H groups in total. The van der Waals surface area contributed by atoms with Crippen molar-refractivity contribution in [3.8, 4) is 0 Å². The maximum absolute atomic E-state index is 12.0. The van der Waals surface area contributed by atoms with Crippen LogP contribution in [0, 0.1) is 10.1 Å². The first-order valence-electron chi connectivity index (χ1n) is 6.25. The summed E-state index contributed by atoms with van der Waals surface area (Å²) in [5.41, 5.74) is 1.25. The summed E-state index contributed by atoms with van der Waals surface area (Å²) in [6.45, 7) is 0. The van der Waals surface area contributed by atoms with Crippen LogP contribution < -0.4 is 0 Å². The molecule has 0 heterocycles. The van der Waals surface area contributed by atoms with Crippen LogP contribution in [-0.2, 0) is 15.6 Å². The van der Waals surface area contributed by atoms with E-state index in [4.69, 9.17) is 0 Å². The monoisotopic (exact) mass is 381 g/mol. The molecule has 0 amide bonds. The third-order valence-corrected chi connectivity index (χ3v) is 4.67. The normalized spacial score (nSPS) is 11.7. The second-order valence-electron chi connectivity index (χ2n) is 4.59. The van der Waals surface area contributed by atoms with E-state index in [0.717, 1.165) is 9.88 Å². The van der Waals surface area contributed by atoms with Gasteiger partial charge < -0.3 is 0 Å². The lowest BCUT2D eigenvalue weighted by molar-refractivity contribution is -0.384. The summed E-state index contributed by atoms with van der Waals surface area (Å²) in [5, 5.41) is 11.7. The standard InChI is InChI=1S/C15H12BrNO4S/c16-14-5-1-13(2-6-14)11-22(20,21)10-9-12-3-7-15(8-4-12)17(18)19/h1-10H,11H2/b10-9+. The second-order valence-corrected chi connectivity index (χ2v) is 7.39. The summed E-state index contributed by atoms with van der Waals surface area (Å²) in [5.74, 6) is -0.0935. The molecular weight excluding hydrogens is 370 g/mol. The van der Waals surface area contributed by atoms with Crippen LogP contribution in [0.15, 0.2) is 58.4 Å². The summed E-state index contributed by atoms with van der Waals surface area (Å²) in [6, 6.07) is 12.7. The van der Waals surface area contributed by atoms with E-state index >= 15 is 0 Å². The Morgan fingerprint density at radius 2 is 1.64 bits per heavy atom. The highest BCUT2D eigenvalue weighted by molar-refractivity contribution is 9.10. The van der Waals surface area contributed by atoms with Gasteiger partial charge >= 0.3 is 0 Å². The minimum absolute atomic E-state index is 0.0325. The lowest BCUT2D eigenvalue weighted by Gasteiger charge is -2.00. The van der Waals surface area contributed by atoms with Crippen molar-refractivity contribution >= 4 is 37.5 Å². The predicted molar refractivity (Wildman–Crippen MR) is 88.9 cm³/mol. The van der Waals surface area contributed by atoms with E-state index in [0.29, 0.717) is 11.1 Å². The molecule has 0 bridgehead atoms. The van der Waals surface area contributed by atoms with E-state index in [9.17, 15) is 18.5 Å². The number of rotatable bonds is 5. The Morgan fingerprint density at radius 1 is 1.05 bits per heavy atom. The van der Waals surface area contributed by atoms with Crippen molar-refractivity contribution in [2.45, 2.75) is 5.75 Å². The Morgan fingerprint density at radius 3 is 2.18 bits per heavy atom. The minimum Gasteiger partial charge on any atom is -0.258 e. The molecular formula is C15H12BrNO4S. The fraction of sp³-hybridized carbons (Fsp3) is 0.0667. The van der Waals surface area contributed by atoms with Crippen LogP contribution in [0.1, 0.15) is 11.1 Å². The van der Waals surface area contributed by atoms with Crippen molar-refractivity contribution in [1.29, 1.82) is 0 Å². The smallest absolute Gasteiger partial charge is 0.258 e. The molecule has 0 saturated carbocycles. The summed E-state index contributed by atoms with van der Waals surface area (Å²) in [7, 11) is -3.40. The van der Waals surface area contributed by atoms with E-state index in [1.807, 2.05) is 0 Å². The molecule has 0 unspecified atom stereocenters. The molecule has 0 aliphatic carbocycles. The second kappa shape index (κ2) is 6.85. The van der Waals surface area contributed by atoms with Gasteiger partial charge in [-0.25, -0.2) is 8.42 Å². The van der Waals surface area contributed by atoms with Gasteiger partial charge in [0.25, 0.3) is 5.69 Å². The van der Waals surface area contributed by atoms with Gasteiger partial charge in [-0.05, 0) is 41.5 Å². The average Bonchev–Trinajstić information content (AvgIpc) is 2.48. The number of halogens is 1. The number of nitro benzene ring substituents is 1. The molecule has 2 rings (SSSR count). The van der Waals surface area contributed by atoms with Crippen LogP contribution in [0.25, 0.3) is 6.08 Å². The topological polar surface area (TPSA) is 77.3 Å². The van der Waals surface area contributed by atoms with Gasteiger partial charge in [0.15, 0.2) is 9.84 Å². The zero-order valence-electron chi connectivity index (χ0n) is 11.3.